The van der Waals surface area contributed by atoms with E-state index in [-0.39, 0.29) is 12.6 Å². The van der Waals surface area contributed by atoms with Crippen LogP contribution < -0.4 is 4.74 Å². The molecule has 19 heavy (non-hydrogen) atoms. The molecular weight excluding hydrogens is 268 g/mol. The van der Waals surface area contributed by atoms with Gasteiger partial charge in [-0.25, -0.2) is 0 Å². The average molecular weight is 283 g/mol. The van der Waals surface area contributed by atoms with Gasteiger partial charge in [0.1, 0.15) is 17.8 Å². The second kappa shape index (κ2) is 5.61. The van der Waals surface area contributed by atoms with Gasteiger partial charge in [0.25, 0.3) is 0 Å². The second-order valence-corrected chi connectivity index (χ2v) is 5.03. The normalized spacial score (nSPS) is 15.7. The third-order valence-electron chi connectivity index (χ3n) is 3.17. The SMILES string of the molecule is CCOC(=O)C1(COc2cc(Cl)ccc2C=O)CC1. The number of ether oxygens (including phenoxy) is 2. The Kier molecular flexibility index (Phi) is 4.10. The zero-order valence-electron chi connectivity index (χ0n) is 10.6. The Balaban J connectivity index is 2.05. The molecule has 0 unspecified atom stereocenters. The van der Waals surface area contributed by atoms with Crippen molar-refractivity contribution >= 4 is 23.9 Å². The van der Waals surface area contributed by atoms with Crippen LogP contribution in [0.5, 0.6) is 5.75 Å². The molecule has 1 aliphatic rings. The second-order valence-electron chi connectivity index (χ2n) is 4.59. The van der Waals surface area contributed by atoms with Gasteiger partial charge in [0.05, 0.1) is 12.2 Å². The molecule has 0 atom stereocenters. The summed E-state index contributed by atoms with van der Waals surface area (Å²) in [4.78, 5) is 22.7. The predicted molar refractivity (Wildman–Crippen MR) is 70.6 cm³/mol. The number of rotatable bonds is 6. The molecule has 0 bridgehead atoms. The fraction of sp³-hybridized carbons (Fsp3) is 0.429. The summed E-state index contributed by atoms with van der Waals surface area (Å²) in [7, 11) is 0. The summed E-state index contributed by atoms with van der Waals surface area (Å²) in [5, 5.41) is 0.488. The van der Waals surface area contributed by atoms with Gasteiger partial charge in [0.15, 0.2) is 6.29 Å². The van der Waals surface area contributed by atoms with E-state index in [0.29, 0.717) is 29.2 Å². The van der Waals surface area contributed by atoms with Crippen LogP contribution in [-0.4, -0.2) is 25.5 Å². The standard InChI is InChI=1S/C14H15ClO4/c1-2-18-13(17)14(5-6-14)9-19-12-7-11(15)4-3-10(12)8-16/h3-4,7-8H,2,5-6,9H2,1H3. The van der Waals surface area contributed by atoms with Crippen molar-refractivity contribution in [2.45, 2.75) is 19.8 Å². The quantitative estimate of drug-likeness (QED) is 0.595. The first-order valence-electron chi connectivity index (χ1n) is 6.16. The Morgan fingerprint density at radius 1 is 1.47 bits per heavy atom. The molecule has 0 aliphatic heterocycles. The highest BCUT2D eigenvalue weighted by Crippen LogP contribution is 2.47. The maximum absolute atomic E-state index is 11.8. The number of hydrogen-bond donors (Lipinski definition) is 0. The third-order valence-corrected chi connectivity index (χ3v) is 3.40. The van der Waals surface area contributed by atoms with Crippen molar-refractivity contribution in [1.82, 2.24) is 0 Å². The molecule has 1 saturated carbocycles. The van der Waals surface area contributed by atoms with Gasteiger partial charge >= 0.3 is 5.97 Å². The van der Waals surface area contributed by atoms with Crippen LogP contribution in [-0.2, 0) is 9.53 Å². The third kappa shape index (κ3) is 3.07. The smallest absolute Gasteiger partial charge is 0.315 e. The molecule has 0 heterocycles. The molecule has 0 radical (unpaired) electrons. The summed E-state index contributed by atoms with van der Waals surface area (Å²) in [5.41, 5.74) is -0.123. The van der Waals surface area contributed by atoms with E-state index in [9.17, 15) is 9.59 Å². The Bertz CT molecular complexity index is 494. The molecule has 0 N–H and O–H groups in total. The van der Waals surface area contributed by atoms with E-state index in [1.54, 1.807) is 25.1 Å². The van der Waals surface area contributed by atoms with Crippen LogP contribution in [0.4, 0.5) is 0 Å². The van der Waals surface area contributed by atoms with Crippen molar-refractivity contribution in [1.29, 1.82) is 0 Å². The van der Waals surface area contributed by atoms with E-state index in [1.807, 2.05) is 0 Å². The minimum atomic E-state index is -0.543. The van der Waals surface area contributed by atoms with E-state index in [4.69, 9.17) is 21.1 Å². The van der Waals surface area contributed by atoms with Gasteiger partial charge < -0.3 is 9.47 Å². The highest BCUT2D eigenvalue weighted by Gasteiger charge is 2.52. The van der Waals surface area contributed by atoms with Crippen molar-refractivity contribution in [3.05, 3.63) is 28.8 Å². The number of aldehydes is 1. The molecule has 102 valence electrons. The van der Waals surface area contributed by atoms with Gasteiger partial charge in [-0.05, 0) is 38.0 Å². The molecule has 1 aromatic rings. The lowest BCUT2D eigenvalue weighted by Gasteiger charge is -2.15. The number of esters is 1. The van der Waals surface area contributed by atoms with Crippen LogP contribution in [0, 0.1) is 5.41 Å². The van der Waals surface area contributed by atoms with Crippen LogP contribution in [0.15, 0.2) is 18.2 Å². The number of benzene rings is 1. The zero-order chi connectivity index (χ0) is 13.9. The van der Waals surface area contributed by atoms with Crippen LogP contribution in [0.25, 0.3) is 0 Å². The van der Waals surface area contributed by atoms with Crippen molar-refractivity contribution in [2.75, 3.05) is 13.2 Å². The molecule has 4 nitrogen and oxygen atoms in total. The lowest BCUT2D eigenvalue weighted by molar-refractivity contribution is -0.150. The maximum atomic E-state index is 11.8. The van der Waals surface area contributed by atoms with E-state index in [1.165, 1.54) is 0 Å². The van der Waals surface area contributed by atoms with Crippen molar-refractivity contribution in [2.24, 2.45) is 5.41 Å². The molecule has 1 fully saturated rings. The van der Waals surface area contributed by atoms with Crippen LogP contribution in [0.2, 0.25) is 5.02 Å². The van der Waals surface area contributed by atoms with Gasteiger partial charge in [-0.1, -0.05) is 11.6 Å². The fourth-order valence-corrected chi connectivity index (χ4v) is 1.95. The summed E-state index contributed by atoms with van der Waals surface area (Å²) in [6.07, 6.45) is 2.21. The summed E-state index contributed by atoms with van der Waals surface area (Å²) in [5.74, 6) is 0.169. The summed E-state index contributed by atoms with van der Waals surface area (Å²) in [6, 6.07) is 4.79. The van der Waals surface area contributed by atoms with Gasteiger partial charge in [-0.3, -0.25) is 9.59 Å². The number of carbonyl (C=O) groups excluding carboxylic acids is 2. The monoisotopic (exact) mass is 282 g/mol. The van der Waals surface area contributed by atoms with Gasteiger partial charge in [-0.2, -0.15) is 0 Å². The fourth-order valence-electron chi connectivity index (χ4n) is 1.79. The van der Waals surface area contributed by atoms with Gasteiger partial charge in [-0.15, -0.1) is 0 Å². The number of carbonyl (C=O) groups is 2. The molecule has 1 aromatic carbocycles. The molecule has 1 aliphatic carbocycles. The number of halogens is 1. The molecule has 2 rings (SSSR count). The predicted octanol–water partition coefficient (Wildman–Crippen LogP) is 2.87. The molecule has 0 spiro atoms. The highest BCUT2D eigenvalue weighted by atomic mass is 35.5. The average Bonchev–Trinajstić information content (AvgIpc) is 3.18. The van der Waals surface area contributed by atoms with Crippen LogP contribution in [0.3, 0.4) is 0 Å². The summed E-state index contributed by atoms with van der Waals surface area (Å²) >= 11 is 5.86. The van der Waals surface area contributed by atoms with E-state index < -0.39 is 5.41 Å². The molecule has 0 amide bonds. The lowest BCUT2D eigenvalue weighted by Crippen LogP contribution is -2.26. The van der Waals surface area contributed by atoms with E-state index in [0.717, 1.165) is 12.8 Å². The van der Waals surface area contributed by atoms with Crippen molar-refractivity contribution in [3.63, 3.8) is 0 Å². The Hall–Kier alpha value is -1.55. The summed E-state index contributed by atoms with van der Waals surface area (Å²) < 4.78 is 10.6. The summed E-state index contributed by atoms with van der Waals surface area (Å²) in [6.45, 7) is 2.35. The van der Waals surface area contributed by atoms with Crippen LogP contribution in [0.1, 0.15) is 30.1 Å². The first-order chi connectivity index (χ1) is 9.11. The topological polar surface area (TPSA) is 52.6 Å². The van der Waals surface area contributed by atoms with E-state index >= 15 is 0 Å². The molecule has 0 aromatic heterocycles. The molecule has 0 saturated heterocycles. The van der Waals surface area contributed by atoms with E-state index in [2.05, 4.69) is 0 Å². The number of hydrogen-bond acceptors (Lipinski definition) is 4. The van der Waals surface area contributed by atoms with Gasteiger partial charge in [0.2, 0.25) is 0 Å². The van der Waals surface area contributed by atoms with Crippen molar-refractivity contribution < 1.29 is 19.1 Å². The maximum Gasteiger partial charge on any atom is 0.315 e. The first kappa shape index (κ1) is 13.9. The minimum absolute atomic E-state index is 0.215. The van der Waals surface area contributed by atoms with Crippen LogP contribution >= 0.6 is 11.6 Å². The largest absolute Gasteiger partial charge is 0.492 e. The first-order valence-corrected chi connectivity index (χ1v) is 6.54. The zero-order valence-corrected chi connectivity index (χ0v) is 11.4. The Morgan fingerprint density at radius 3 is 2.79 bits per heavy atom. The lowest BCUT2D eigenvalue weighted by atomic mass is 10.1. The highest BCUT2D eigenvalue weighted by molar-refractivity contribution is 6.30. The van der Waals surface area contributed by atoms with Gasteiger partial charge in [0, 0.05) is 5.02 Å². The Labute approximate surface area is 116 Å². The molecule has 5 heteroatoms. The Morgan fingerprint density at radius 2 is 2.21 bits per heavy atom. The minimum Gasteiger partial charge on any atom is -0.492 e. The van der Waals surface area contributed by atoms with Crippen molar-refractivity contribution in [3.8, 4) is 5.75 Å². The molecular formula is C14H15ClO4.